The zero-order valence-corrected chi connectivity index (χ0v) is 11.8. The lowest BCUT2D eigenvalue weighted by atomic mass is 10.2. The molecule has 2 aromatic rings. The predicted octanol–water partition coefficient (Wildman–Crippen LogP) is 3.03. The summed E-state index contributed by atoms with van der Waals surface area (Å²) in [5, 5.41) is 2.88. The van der Waals surface area contributed by atoms with Crippen LogP contribution in [-0.2, 0) is 11.2 Å². The van der Waals surface area contributed by atoms with Gasteiger partial charge >= 0.3 is 0 Å². The highest BCUT2D eigenvalue weighted by atomic mass is 32.1. The number of aryl methyl sites for hydroxylation is 1. The van der Waals surface area contributed by atoms with Crippen LogP contribution in [0.2, 0.25) is 0 Å². The van der Waals surface area contributed by atoms with Crippen molar-refractivity contribution < 1.29 is 9.53 Å². The molecule has 0 saturated carbocycles. The highest BCUT2D eigenvalue weighted by Crippen LogP contribution is 2.24. The summed E-state index contributed by atoms with van der Waals surface area (Å²) in [4.78, 5) is 17.1. The molecule has 0 fully saturated rings. The molecule has 5 heteroatoms. The molecule has 1 heterocycles. The van der Waals surface area contributed by atoms with Gasteiger partial charge in [0, 0.05) is 4.88 Å². The van der Waals surface area contributed by atoms with Crippen molar-refractivity contribution in [3.8, 4) is 5.75 Å². The molecule has 2 rings (SSSR count). The molecule has 0 bridgehead atoms. The Balaban J connectivity index is 2.05. The first kappa shape index (κ1) is 13.5. The number of ether oxygens (including phenoxy) is 1. The van der Waals surface area contributed by atoms with Crippen molar-refractivity contribution in [1.82, 2.24) is 4.98 Å². The van der Waals surface area contributed by atoms with Crippen molar-refractivity contribution in [2.45, 2.75) is 20.3 Å². The number of nitrogens with one attached hydrogen (secondary N) is 1. The number of thiazole rings is 1. The molecule has 1 amide bonds. The molecule has 100 valence electrons. The van der Waals surface area contributed by atoms with Crippen LogP contribution >= 0.6 is 11.3 Å². The standard InChI is InChI=1S/C14H16N2O2S/c1-3-18-12-7-5-4-6-11(12)16-14(17)8-13-10(2)15-9-19-13/h4-7,9H,3,8H2,1-2H3,(H,16,17). The second-order valence-electron chi connectivity index (χ2n) is 4.02. The molecule has 0 aliphatic rings. The van der Waals surface area contributed by atoms with Crippen LogP contribution in [0.25, 0.3) is 0 Å². The van der Waals surface area contributed by atoms with Gasteiger partial charge < -0.3 is 10.1 Å². The fourth-order valence-electron chi connectivity index (χ4n) is 1.69. The van der Waals surface area contributed by atoms with Crippen LogP contribution in [0.5, 0.6) is 5.75 Å². The zero-order valence-electron chi connectivity index (χ0n) is 11.0. The highest BCUT2D eigenvalue weighted by molar-refractivity contribution is 7.09. The van der Waals surface area contributed by atoms with Gasteiger partial charge in [-0.15, -0.1) is 11.3 Å². The van der Waals surface area contributed by atoms with E-state index in [9.17, 15) is 4.79 Å². The van der Waals surface area contributed by atoms with Crippen molar-refractivity contribution in [2.75, 3.05) is 11.9 Å². The molecule has 0 spiro atoms. The van der Waals surface area contributed by atoms with Gasteiger partial charge in [0.1, 0.15) is 5.75 Å². The van der Waals surface area contributed by atoms with Gasteiger partial charge in [-0.3, -0.25) is 4.79 Å². The van der Waals surface area contributed by atoms with Crippen LogP contribution in [0.15, 0.2) is 29.8 Å². The third kappa shape index (κ3) is 3.54. The number of carbonyl (C=O) groups is 1. The van der Waals surface area contributed by atoms with E-state index in [4.69, 9.17) is 4.74 Å². The van der Waals surface area contributed by atoms with Gasteiger partial charge in [0.25, 0.3) is 0 Å². The van der Waals surface area contributed by atoms with Crippen LogP contribution in [0, 0.1) is 6.92 Å². The van der Waals surface area contributed by atoms with E-state index in [0.717, 1.165) is 10.6 Å². The number of hydrogen-bond acceptors (Lipinski definition) is 4. The average Bonchev–Trinajstić information content (AvgIpc) is 2.78. The van der Waals surface area contributed by atoms with Gasteiger partial charge in [0.05, 0.1) is 29.9 Å². The number of benzene rings is 1. The molecule has 19 heavy (non-hydrogen) atoms. The van der Waals surface area contributed by atoms with Gasteiger partial charge in [0.15, 0.2) is 0 Å². The van der Waals surface area contributed by atoms with Crippen LogP contribution in [-0.4, -0.2) is 17.5 Å². The molecule has 4 nitrogen and oxygen atoms in total. The van der Waals surface area contributed by atoms with E-state index in [1.165, 1.54) is 11.3 Å². The Labute approximate surface area is 116 Å². The summed E-state index contributed by atoms with van der Waals surface area (Å²) in [6.45, 7) is 4.40. The molecule has 0 aliphatic carbocycles. The number of hydrogen-bond donors (Lipinski definition) is 1. The Morgan fingerprint density at radius 3 is 2.89 bits per heavy atom. The molecule has 0 radical (unpaired) electrons. The first-order valence-electron chi connectivity index (χ1n) is 6.11. The number of aromatic nitrogens is 1. The number of nitrogens with zero attached hydrogens (tertiary/aromatic N) is 1. The Kier molecular flexibility index (Phi) is 4.52. The average molecular weight is 276 g/mol. The Hall–Kier alpha value is -1.88. The second-order valence-corrected chi connectivity index (χ2v) is 4.95. The van der Waals surface area contributed by atoms with E-state index in [1.54, 1.807) is 5.51 Å². The summed E-state index contributed by atoms with van der Waals surface area (Å²) in [7, 11) is 0. The van der Waals surface area contributed by atoms with Gasteiger partial charge in [-0.25, -0.2) is 4.98 Å². The summed E-state index contributed by atoms with van der Waals surface area (Å²) >= 11 is 1.50. The first-order chi connectivity index (χ1) is 9.20. The molecule has 0 aliphatic heterocycles. The van der Waals surface area contributed by atoms with Crippen molar-refractivity contribution >= 4 is 22.9 Å². The summed E-state index contributed by atoms with van der Waals surface area (Å²) in [5.74, 6) is 0.638. The van der Waals surface area contributed by atoms with Crippen LogP contribution in [0.4, 0.5) is 5.69 Å². The molecular weight excluding hydrogens is 260 g/mol. The summed E-state index contributed by atoms with van der Waals surface area (Å²) in [6, 6.07) is 7.43. The van der Waals surface area contributed by atoms with Crippen LogP contribution < -0.4 is 10.1 Å². The third-order valence-electron chi connectivity index (χ3n) is 2.63. The van der Waals surface area contributed by atoms with Gasteiger partial charge in [0.2, 0.25) is 5.91 Å². The number of amides is 1. The largest absolute Gasteiger partial charge is 0.492 e. The number of anilines is 1. The smallest absolute Gasteiger partial charge is 0.229 e. The number of para-hydroxylation sites is 2. The molecule has 1 N–H and O–H groups in total. The Bertz CT molecular complexity index is 566. The molecule has 1 aromatic heterocycles. The minimum absolute atomic E-state index is 0.0560. The summed E-state index contributed by atoms with van der Waals surface area (Å²) in [5.41, 5.74) is 3.38. The minimum Gasteiger partial charge on any atom is -0.492 e. The maximum Gasteiger partial charge on any atom is 0.229 e. The summed E-state index contributed by atoms with van der Waals surface area (Å²) < 4.78 is 5.47. The third-order valence-corrected chi connectivity index (χ3v) is 3.56. The lowest BCUT2D eigenvalue weighted by molar-refractivity contribution is -0.115. The lowest BCUT2D eigenvalue weighted by Crippen LogP contribution is -2.15. The monoisotopic (exact) mass is 276 g/mol. The van der Waals surface area contributed by atoms with Crippen molar-refractivity contribution in [3.05, 3.63) is 40.3 Å². The predicted molar refractivity (Wildman–Crippen MR) is 76.8 cm³/mol. The lowest BCUT2D eigenvalue weighted by Gasteiger charge is -2.10. The van der Waals surface area contributed by atoms with E-state index in [0.29, 0.717) is 24.5 Å². The van der Waals surface area contributed by atoms with Crippen molar-refractivity contribution in [3.63, 3.8) is 0 Å². The minimum atomic E-state index is -0.0560. The van der Waals surface area contributed by atoms with Crippen molar-refractivity contribution in [2.24, 2.45) is 0 Å². The van der Waals surface area contributed by atoms with Gasteiger partial charge in [-0.2, -0.15) is 0 Å². The van der Waals surface area contributed by atoms with E-state index in [1.807, 2.05) is 38.1 Å². The number of rotatable bonds is 5. The molecule has 0 unspecified atom stereocenters. The quantitative estimate of drug-likeness (QED) is 0.913. The van der Waals surface area contributed by atoms with Gasteiger partial charge in [-0.1, -0.05) is 12.1 Å². The van der Waals surface area contributed by atoms with E-state index < -0.39 is 0 Å². The van der Waals surface area contributed by atoms with Crippen LogP contribution in [0.3, 0.4) is 0 Å². The molecular formula is C14H16N2O2S. The molecule has 1 aromatic carbocycles. The maximum atomic E-state index is 12.0. The molecule has 0 atom stereocenters. The molecule has 0 saturated heterocycles. The van der Waals surface area contributed by atoms with E-state index in [2.05, 4.69) is 10.3 Å². The van der Waals surface area contributed by atoms with E-state index in [-0.39, 0.29) is 5.91 Å². The topological polar surface area (TPSA) is 51.2 Å². The van der Waals surface area contributed by atoms with E-state index >= 15 is 0 Å². The Morgan fingerprint density at radius 2 is 2.21 bits per heavy atom. The van der Waals surface area contributed by atoms with Gasteiger partial charge in [-0.05, 0) is 26.0 Å². The normalized spacial score (nSPS) is 10.2. The fraction of sp³-hybridized carbons (Fsp3) is 0.286. The zero-order chi connectivity index (χ0) is 13.7. The second kappa shape index (κ2) is 6.33. The van der Waals surface area contributed by atoms with Crippen molar-refractivity contribution in [1.29, 1.82) is 0 Å². The maximum absolute atomic E-state index is 12.0. The Morgan fingerprint density at radius 1 is 1.42 bits per heavy atom. The number of carbonyl (C=O) groups excluding carboxylic acids is 1. The summed E-state index contributed by atoms with van der Waals surface area (Å²) in [6.07, 6.45) is 0.344. The highest BCUT2D eigenvalue weighted by Gasteiger charge is 2.10. The first-order valence-corrected chi connectivity index (χ1v) is 6.99. The fourth-order valence-corrected chi connectivity index (χ4v) is 2.46. The SMILES string of the molecule is CCOc1ccccc1NC(=O)Cc1scnc1C. The van der Waals surface area contributed by atoms with Crippen LogP contribution in [0.1, 0.15) is 17.5 Å².